The number of nitrogens with zero attached hydrogens (tertiary/aromatic N) is 3. The second kappa shape index (κ2) is 10.5. The maximum atomic E-state index is 13.1. The van der Waals surface area contributed by atoms with Gasteiger partial charge in [0.05, 0.1) is 34.5 Å². The van der Waals surface area contributed by atoms with Crippen LogP contribution in [0.2, 0.25) is 0 Å². The zero-order valence-corrected chi connectivity index (χ0v) is 20.4. The van der Waals surface area contributed by atoms with Crippen LogP contribution >= 0.6 is 11.8 Å². The maximum Gasteiger partial charge on any atom is 0.318 e. The van der Waals surface area contributed by atoms with Gasteiger partial charge in [0.1, 0.15) is 0 Å². The summed E-state index contributed by atoms with van der Waals surface area (Å²) in [5, 5.41) is 22.2. The molecule has 1 heterocycles. The fourth-order valence-electron chi connectivity index (χ4n) is 3.65. The van der Waals surface area contributed by atoms with Crippen molar-refractivity contribution in [2.45, 2.75) is 13.5 Å². The Bertz CT molecular complexity index is 1470. The average molecular weight is 522 g/mol. The number of nitro groups is 2. The number of amides is 2. The van der Waals surface area contributed by atoms with Crippen molar-refractivity contribution in [2.75, 3.05) is 7.11 Å². The van der Waals surface area contributed by atoms with E-state index < -0.39 is 32.4 Å². The Morgan fingerprint density at radius 2 is 1.73 bits per heavy atom. The number of aryl methyl sites for hydroxylation is 1. The molecule has 0 unspecified atom stereocenters. The van der Waals surface area contributed by atoms with Crippen LogP contribution in [-0.4, -0.2) is 33.0 Å². The van der Waals surface area contributed by atoms with Crippen LogP contribution in [0.4, 0.5) is 16.2 Å². The Hall–Kier alpha value is -4.71. The molecule has 3 aromatic carbocycles. The molecule has 11 nitrogen and oxygen atoms in total. The average Bonchev–Trinajstić information content (AvgIpc) is 3.12. The van der Waals surface area contributed by atoms with Gasteiger partial charge in [-0.1, -0.05) is 42.0 Å². The number of ether oxygens (including phenoxy) is 2. The van der Waals surface area contributed by atoms with E-state index in [9.17, 15) is 29.8 Å². The van der Waals surface area contributed by atoms with Crippen LogP contribution < -0.4 is 9.47 Å². The summed E-state index contributed by atoms with van der Waals surface area (Å²) >= 11 is 0.761. The molecule has 0 saturated carbocycles. The summed E-state index contributed by atoms with van der Waals surface area (Å²) in [5.41, 5.74) is 1.03. The largest absolute Gasteiger partial charge is 0.493 e. The summed E-state index contributed by atoms with van der Waals surface area (Å²) in [6.07, 6.45) is 1.44. The van der Waals surface area contributed by atoms with Gasteiger partial charge in [0.2, 0.25) is 5.75 Å². The number of imide groups is 1. The number of hydrogen-bond donors (Lipinski definition) is 0. The zero-order valence-electron chi connectivity index (χ0n) is 19.6. The molecule has 1 saturated heterocycles. The highest BCUT2D eigenvalue weighted by molar-refractivity contribution is 8.18. The first-order chi connectivity index (χ1) is 17.7. The van der Waals surface area contributed by atoms with E-state index in [1.54, 1.807) is 18.2 Å². The van der Waals surface area contributed by atoms with Gasteiger partial charge < -0.3 is 9.47 Å². The molecule has 0 aliphatic carbocycles. The molecule has 12 heteroatoms. The highest BCUT2D eigenvalue weighted by atomic mass is 32.2. The van der Waals surface area contributed by atoms with Gasteiger partial charge in [-0.2, -0.15) is 0 Å². The fraction of sp³-hybridized carbons (Fsp3) is 0.120. The number of para-hydroxylation sites is 1. The molecule has 0 spiro atoms. The van der Waals surface area contributed by atoms with Crippen molar-refractivity contribution in [1.29, 1.82) is 0 Å². The molecule has 1 fully saturated rings. The van der Waals surface area contributed by atoms with Gasteiger partial charge in [0.15, 0.2) is 11.5 Å². The van der Waals surface area contributed by atoms with Crippen molar-refractivity contribution >= 4 is 40.4 Å². The molecule has 0 bridgehead atoms. The standard InChI is InChI=1S/C25H19N3O8S/c1-15-5-3-6-16(11-15)14-26-24(29)22(37-25(26)30)12-17-7-4-8-21(35-2)23(17)36-20-10-9-18(27(31)32)13-19(20)28(33)34/h3-13H,14H2,1-2H3/b22-12+. The predicted octanol–water partition coefficient (Wildman–Crippen LogP) is 5.85. The molecular weight excluding hydrogens is 502 g/mol. The summed E-state index contributed by atoms with van der Waals surface area (Å²) in [7, 11) is 1.37. The normalized spacial score (nSPS) is 14.2. The number of non-ortho nitro benzene ring substituents is 1. The molecular formula is C25H19N3O8S. The number of carbonyl (C=O) groups excluding carboxylic acids is 2. The van der Waals surface area contributed by atoms with Gasteiger partial charge in [-0.3, -0.25) is 34.7 Å². The number of benzene rings is 3. The topological polar surface area (TPSA) is 142 Å². The Kier molecular flexibility index (Phi) is 7.20. The monoisotopic (exact) mass is 521 g/mol. The molecule has 0 aromatic heterocycles. The Labute approximate surface area is 214 Å². The highest BCUT2D eigenvalue weighted by Gasteiger charge is 2.35. The van der Waals surface area contributed by atoms with E-state index in [0.29, 0.717) is 5.56 Å². The van der Waals surface area contributed by atoms with E-state index in [-0.39, 0.29) is 28.7 Å². The molecule has 3 aromatic rings. The van der Waals surface area contributed by atoms with Crippen LogP contribution in [0, 0.1) is 27.2 Å². The summed E-state index contributed by atoms with van der Waals surface area (Å²) in [6.45, 7) is 2.02. The van der Waals surface area contributed by atoms with Crippen molar-refractivity contribution < 1.29 is 28.9 Å². The van der Waals surface area contributed by atoms with Gasteiger partial charge in [-0.05, 0) is 42.5 Å². The van der Waals surface area contributed by atoms with Gasteiger partial charge in [-0.25, -0.2) is 0 Å². The third-order valence-corrected chi connectivity index (χ3v) is 6.28. The molecule has 1 aliphatic rings. The van der Waals surface area contributed by atoms with Crippen LogP contribution in [0.5, 0.6) is 17.2 Å². The van der Waals surface area contributed by atoms with Crippen molar-refractivity contribution in [1.82, 2.24) is 4.90 Å². The summed E-state index contributed by atoms with van der Waals surface area (Å²) in [4.78, 5) is 48.0. The SMILES string of the molecule is COc1cccc(/C=C2/SC(=O)N(Cc3cccc(C)c3)C2=O)c1Oc1ccc([N+](=O)[O-])cc1[N+](=O)[O-]. The minimum absolute atomic E-state index is 0.0347. The number of carbonyl (C=O) groups is 2. The lowest BCUT2D eigenvalue weighted by Crippen LogP contribution is -2.27. The summed E-state index contributed by atoms with van der Waals surface area (Å²) in [5.74, 6) is -0.526. The number of methoxy groups -OCH3 is 1. The minimum atomic E-state index is -0.798. The first-order valence-electron chi connectivity index (χ1n) is 10.8. The van der Waals surface area contributed by atoms with Crippen LogP contribution in [0.25, 0.3) is 6.08 Å². The zero-order chi connectivity index (χ0) is 26.7. The van der Waals surface area contributed by atoms with Gasteiger partial charge in [-0.15, -0.1) is 0 Å². The van der Waals surface area contributed by atoms with Gasteiger partial charge in [0, 0.05) is 11.6 Å². The number of nitro benzene ring substituents is 2. The number of rotatable bonds is 8. The van der Waals surface area contributed by atoms with E-state index in [4.69, 9.17) is 9.47 Å². The molecule has 0 radical (unpaired) electrons. The second-order valence-corrected chi connectivity index (χ2v) is 8.90. The number of hydrogen-bond acceptors (Lipinski definition) is 9. The maximum absolute atomic E-state index is 13.1. The third kappa shape index (κ3) is 5.43. The van der Waals surface area contributed by atoms with Crippen LogP contribution in [-0.2, 0) is 11.3 Å². The van der Waals surface area contributed by atoms with Crippen molar-refractivity contribution in [3.05, 3.63) is 102 Å². The molecule has 37 heavy (non-hydrogen) atoms. The first kappa shape index (κ1) is 25.4. The molecule has 0 atom stereocenters. The Morgan fingerprint density at radius 1 is 0.973 bits per heavy atom. The molecule has 0 N–H and O–H groups in total. The molecule has 4 rings (SSSR count). The van der Waals surface area contributed by atoms with Gasteiger partial charge in [0.25, 0.3) is 16.8 Å². The lowest BCUT2D eigenvalue weighted by atomic mass is 10.1. The fourth-order valence-corrected chi connectivity index (χ4v) is 4.47. The van der Waals surface area contributed by atoms with Crippen LogP contribution in [0.3, 0.4) is 0 Å². The van der Waals surface area contributed by atoms with E-state index in [2.05, 4.69) is 0 Å². The molecule has 188 valence electrons. The summed E-state index contributed by atoms with van der Waals surface area (Å²) in [6, 6.07) is 15.2. The van der Waals surface area contributed by atoms with E-state index in [1.807, 2.05) is 31.2 Å². The van der Waals surface area contributed by atoms with Crippen molar-refractivity contribution in [2.24, 2.45) is 0 Å². The Morgan fingerprint density at radius 3 is 2.41 bits per heavy atom. The van der Waals surface area contributed by atoms with Crippen LogP contribution in [0.1, 0.15) is 16.7 Å². The molecule has 1 aliphatic heterocycles. The number of thioether (sulfide) groups is 1. The quantitative estimate of drug-likeness (QED) is 0.203. The predicted molar refractivity (Wildman–Crippen MR) is 136 cm³/mol. The highest BCUT2D eigenvalue weighted by Crippen LogP contribution is 2.42. The third-order valence-electron chi connectivity index (χ3n) is 5.37. The van der Waals surface area contributed by atoms with Crippen LogP contribution in [0.15, 0.2) is 65.6 Å². The van der Waals surface area contributed by atoms with Crippen molar-refractivity contribution in [3.8, 4) is 17.2 Å². The first-order valence-corrected chi connectivity index (χ1v) is 11.6. The lowest BCUT2D eigenvalue weighted by Gasteiger charge is -2.14. The smallest absolute Gasteiger partial charge is 0.318 e. The second-order valence-electron chi connectivity index (χ2n) is 7.90. The minimum Gasteiger partial charge on any atom is -0.493 e. The van der Waals surface area contributed by atoms with Gasteiger partial charge >= 0.3 is 5.69 Å². The van der Waals surface area contributed by atoms with E-state index in [1.165, 1.54) is 13.2 Å². The molecule has 2 amide bonds. The Balaban J connectivity index is 1.69. The van der Waals surface area contributed by atoms with Crippen molar-refractivity contribution in [3.63, 3.8) is 0 Å². The summed E-state index contributed by atoms with van der Waals surface area (Å²) < 4.78 is 11.2. The van der Waals surface area contributed by atoms with E-state index in [0.717, 1.165) is 46.0 Å². The van der Waals surface area contributed by atoms with E-state index >= 15 is 0 Å². The lowest BCUT2D eigenvalue weighted by molar-refractivity contribution is -0.394.